The number of benzene rings is 1. The van der Waals surface area contributed by atoms with Crippen LogP contribution >= 0.6 is 0 Å². The maximum atomic E-state index is 12.8. The number of hydrogen-bond donors (Lipinski definition) is 1. The van der Waals surface area contributed by atoms with Gasteiger partial charge in [-0.05, 0) is 30.5 Å². The number of nitrogens with one attached hydrogen (secondary N) is 1. The Labute approximate surface area is 157 Å². The van der Waals surface area contributed by atoms with Gasteiger partial charge in [0.2, 0.25) is 11.8 Å². The van der Waals surface area contributed by atoms with Gasteiger partial charge in [-0.25, -0.2) is 0 Å². The van der Waals surface area contributed by atoms with Crippen LogP contribution in [0.3, 0.4) is 0 Å². The van der Waals surface area contributed by atoms with Gasteiger partial charge >= 0.3 is 6.18 Å². The summed E-state index contributed by atoms with van der Waals surface area (Å²) in [4.78, 5) is 27.4. The first-order valence-corrected chi connectivity index (χ1v) is 9.13. The standard InChI is InChI=1S/C19H26F3N3O2/c1-14(2)6-7-17(26)23-13-18(27)25-10-8-24(9-11-25)16-5-3-4-15(12-16)19(20,21)22/h3-5,12,14H,6-11,13H2,1-2H3,(H,23,26). The fourth-order valence-electron chi connectivity index (χ4n) is 2.89. The highest BCUT2D eigenvalue weighted by Gasteiger charge is 2.31. The molecule has 1 aliphatic rings. The van der Waals surface area contributed by atoms with Crippen LogP contribution in [-0.4, -0.2) is 49.4 Å². The van der Waals surface area contributed by atoms with E-state index in [0.29, 0.717) is 44.2 Å². The van der Waals surface area contributed by atoms with Gasteiger partial charge in [-0.3, -0.25) is 9.59 Å². The molecule has 1 heterocycles. The first kappa shape index (κ1) is 21.1. The zero-order valence-corrected chi connectivity index (χ0v) is 15.7. The number of piperazine rings is 1. The van der Waals surface area contributed by atoms with Crippen LogP contribution < -0.4 is 10.2 Å². The van der Waals surface area contributed by atoms with Gasteiger partial charge in [-0.2, -0.15) is 13.2 Å². The summed E-state index contributed by atoms with van der Waals surface area (Å²) in [7, 11) is 0. The van der Waals surface area contributed by atoms with Crippen LogP contribution in [-0.2, 0) is 15.8 Å². The van der Waals surface area contributed by atoms with Crippen molar-refractivity contribution in [3.63, 3.8) is 0 Å². The van der Waals surface area contributed by atoms with Crippen molar-refractivity contribution in [1.82, 2.24) is 10.2 Å². The van der Waals surface area contributed by atoms with Crippen LogP contribution in [0.5, 0.6) is 0 Å². The summed E-state index contributed by atoms with van der Waals surface area (Å²) in [5, 5.41) is 2.63. The maximum absolute atomic E-state index is 12.8. The summed E-state index contributed by atoms with van der Waals surface area (Å²) in [5.74, 6) is 0.117. The van der Waals surface area contributed by atoms with E-state index in [0.717, 1.165) is 18.6 Å². The smallest absolute Gasteiger partial charge is 0.368 e. The number of amides is 2. The molecular formula is C19H26F3N3O2. The Balaban J connectivity index is 1.81. The minimum Gasteiger partial charge on any atom is -0.368 e. The molecule has 1 N–H and O–H groups in total. The molecule has 0 atom stereocenters. The molecule has 1 aromatic carbocycles. The van der Waals surface area contributed by atoms with Gasteiger partial charge in [-0.15, -0.1) is 0 Å². The molecule has 5 nitrogen and oxygen atoms in total. The Morgan fingerprint density at radius 3 is 2.41 bits per heavy atom. The van der Waals surface area contributed by atoms with Crippen LogP contribution in [0.2, 0.25) is 0 Å². The normalized spacial score (nSPS) is 15.2. The average molecular weight is 385 g/mol. The van der Waals surface area contributed by atoms with Crippen molar-refractivity contribution in [1.29, 1.82) is 0 Å². The quantitative estimate of drug-likeness (QED) is 0.819. The summed E-state index contributed by atoms with van der Waals surface area (Å²) >= 11 is 0. The van der Waals surface area contributed by atoms with Gasteiger partial charge in [0.15, 0.2) is 0 Å². The summed E-state index contributed by atoms with van der Waals surface area (Å²) < 4.78 is 38.5. The first-order chi connectivity index (χ1) is 12.7. The molecule has 0 aliphatic carbocycles. The largest absolute Gasteiger partial charge is 0.416 e. The minimum atomic E-state index is -4.37. The third-order valence-electron chi connectivity index (χ3n) is 4.56. The number of rotatable bonds is 6. The molecule has 1 aromatic rings. The third kappa shape index (κ3) is 6.45. The van der Waals surface area contributed by atoms with E-state index in [1.807, 2.05) is 18.7 Å². The van der Waals surface area contributed by atoms with Crippen molar-refractivity contribution in [2.75, 3.05) is 37.6 Å². The van der Waals surface area contributed by atoms with Crippen molar-refractivity contribution in [3.8, 4) is 0 Å². The summed E-state index contributed by atoms with van der Waals surface area (Å²) in [6.45, 7) is 5.75. The second kappa shape index (κ2) is 9.10. The van der Waals surface area contributed by atoms with Gasteiger partial charge in [0.1, 0.15) is 0 Å². The third-order valence-corrected chi connectivity index (χ3v) is 4.56. The molecule has 1 saturated heterocycles. The van der Waals surface area contributed by atoms with Crippen molar-refractivity contribution >= 4 is 17.5 Å². The highest BCUT2D eigenvalue weighted by molar-refractivity contribution is 5.84. The van der Waals surface area contributed by atoms with E-state index in [9.17, 15) is 22.8 Å². The molecule has 0 saturated carbocycles. The fourth-order valence-corrected chi connectivity index (χ4v) is 2.89. The molecule has 0 aromatic heterocycles. The molecule has 0 spiro atoms. The van der Waals surface area contributed by atoms with E-state index in [4.69, 9.17) is 0 Å². The lowest BCUT2D eigenvalue weighted by Crippen LogP contribution is -2.51. The maximum Gasteiger partial charge on any atom is 0.416 e. The van der Waals surface area contributed by atoms with Crippen LogP contribution in [0.25, 0.3) is 0 Å². The van der Waals surface area contributed by atoms with E-state index in [-0.39, 0.29) is 18.4 Å². The lowest BCUT2D eigenvalue weighted by atomic mass is 10.1. The Kier molecular flexibility index (Phi) is 7.10. The van der Waals surface area contributed by atoms with Crippen molar-refractivity contribution in [2.24, 2.45) is 5.92 Å². The summed E-state index contributed by atoms with van der Waals surface area (Å²) in [6, 6.07) is 5.21. The number of hydrogen-bond acceptors (Lipinski definition) is 3. The van der Waals surface area contributed by atoms with Gasteiger partial charge in [0.05, 0.1) is 12.1 Å². The fraction of sp³-hybridized carbons (Fsp3) is 0.579. The molecule has 8 heteroatoms. The number of anilines is 1. The van der Waals surface area contributed by atoms with Gasteiger partial charge in [-0.1, -0.05) is 19.9 Å². The molecular weight excluding hydrogens is 359 g/mol. The van der Waals surface area contributed by atoms with E-state index in [1.54, 1.807) is 11.0 Å². The van der Waals surface area contributed by atoms with Crippen molar-refractivity contribution in [3.05, 3.63) is 29.8 Å². The van der Waals surface area contributed by atoms with Gasteiger partial charge < -0.3 is 15.1 Å². The number of alkyl halides is 3. The van der Waals surface area contributed by atoms with Gasteiger partial charge in [0, 0.05) is 38.3 Å². The van der Waals surface area contributed by atoms with E-state index in [2.05, 4.69) is 5.32 Å². The molecule has 0 bridgehead atoms. The molecule has 2 rings (SSSR count). The van der Waals surface area contributed by atoms with Crippen molar-refractivity contribution in [2.45, 2.75) is 32.9 Å². The summed E-state index contributed by atoms with van der Waals surface area (Å²) in [5.41, 5.74) is -0.179. The lowest BCUT2D eigenvalue weighted by Gasteiger charge is -2.36. The zero-order valence-electron chi connectivity index (χ0n) is 15.7. The Bertz CT molecular complexity index is 654. The van der Waals surface area contributed by atoms with Crippen LogP contribution in [0.15, 0.2) is 24.3 Å². The molecule has 150 valence electrons. The number of carbonyl (C=O) groups is 2. The number of halogens is 3. The topological polar surface area (TPSA) is 52.7 Å². The predicted molar refractivity (Wildman–Crippen MR) is 97.3 cm³/mol. The number of carbonyl (C=O) groups excluding carboxylic acids is 2. The predicted octanol–water partition coefficient (Wildman–Crippen LogP) is 2.91. The van der Waals surface area contributed by atoms with Crippen LogP contribution in [0.1, 0.15) is 32.3 Å². The summed E-state index contributed by atoms with van der Waals surface area (Å²) in [6.07, 6.45) is -3.20. The Hall–Kier alpha value is -2.25. The monoisotopic (exact) mass is 385 g/mol. The molecule has 2 amide bonds. The van der Waals surface area contributed by atoms with E-state index < -0.39 is 11.7 Å². The molecule has 0 unspecified atom stereocenters. The first-order valence-electron chi connectivity index (χ1n) is 9.13. The lowest BCUT2D eigenvalue weighted by molar-refractivity contribution is -0.137. The second-order valence-electron chi connectivity index (χ2n) is 7.13. The highest BCUT2D eigenvalue weighted by Crippen LogP contribution is 2.31. The Morgan fingerprint density at radius 1 is 1.15 bits per heavy atom. The van der Waals surface area contributed by atoms with Gasteiger partial charge in [0.25, 0.3) is 0 Å². The zero-order chi connectivity index (χ0) is 20.0. The van der Waals surface area contributed by atoms with Crippen LogP contribution in [0.4, 0.5) is 18.9 Å². The molecule has 1 aliphatic heterocycles. The van der Waals surface area contributed by atoms with Crippen LogP contribution in [0, 0.1) is 5.92 Å². The second-order valence-corrected chi connectivity index (χ2v) is 7.13. The van der Waals surface area contributed by atoms with E-state index >= 15 is 0 Å². The minimum absolute atomic E-state index is 0.0412. The highest BCUT2D eigenvalue weighted by atomic mass is 19.4. The molecule has 1 fully saturated rings. The average Bonchev–Trinajstić information content (AvgIpc) is 2.64. The molecule has 0 radical (unpaired) electrons. The van der Waals surface area contributed by atoms with Crippen molar-refractivity contribution < 1.29 is 22.8 Å². The SMILES string of the molecule is CC(C)CCC(=O)NCC(=O)N1CCN(c2cccc(C(F)(F)F)c2)CC1. The van der Waals surface area contributed by atoms with E-state index in [1.165, 1.54) is 6.07 Å². The molecule has 27 heavy (non-hydrogen) atoms. The number of nitrogens with zero attached hydrogens (tertiary/aromatic N) is 2. The Morgan fingerprint density at radius 2 is 1.81 bits per heavy atom.